The fourth-order valence-electron chi connectivity index (χ4n) is 1.97. The maximum Gasteiger partial charge on any atom is 0.257 e. The maximum absolute atomic E-state index is 12.4. The highest BCUT2D eigenvalue weighted by atomic mass is 35.5. The number of hydrogen-bond acceptors (Lipinski definition) is 3. The first-order valence-corrected chi connectivity index (χ1v) is 7.09. The van der Waals surface area contributed by atoms with Crippen molar-refractivity contribution in [2.45, 2.75) is 19.4 Å². The van der Waals surface area contributed by atoms with Crippen molar-refractivity contribution in [3.63, 3.8) is 0 Å². The lowest BCUT2D eigenvalue weighted by Crippen LogP contribution is -2.29. The van der Waals surface area contributed by atoms with Crippen LogP contribution in [0.25, 0.3) is 11.3 Å². The zero-order valence-electron chi connectivity index (χ0n) is 12.0. The van der Waals surface area contributed by atoms with E-state index in [-0.39, 0.29) is 5.91 Å². The number of aromatic amines is 1. The van der Waals surface area contributed by atoms with Gasteiger partial charge < -0.3 is 10.0 Å². The van der Waals surface area contributed by atoms with Crippen LogP contribution in [0.5, 0.6) is 0 Å². The quantitative estimate of drug-likeness (QED) is 0.892. The Morgan fingerprint density at radius 2 is 2.10 bits per heavy atom. The second kappa shape index (κ2) is 6.74. The Kier molecular flexibility index (Phi) is 4.98. The van der Waals surface area contributed by atoms with Crippen molar-refractivity contribution in [2.75, 3.05) is 13.6 Å². The van der Waals surface area contributed by atoms with E-state index < -0.39 is 6.10 Å². The highest BCUT2D eigenvalue weighted by Gasteiger charge is 2.19. The second-order valence-electron chi connectivity index (χ2n) is 5.03. The Morgan fingerprint density at radius 3 is 2.71 bits per heavy atom. The number of nitrogens with zero attached hydrogens (tertiary/aromatic N) is 2. The van der Waals surface area contributed by atoms with E-state index in [9.17, 15) is 9.90 Å². The smallest absolute Gasteiger partial charge is 0.257 e. The van der Waals surface area contributed by atoms with Crippen LogP contribution < -0.4 is 0 Å². The molecule has 112 valence electrons. The molecule has 0 radical (unpaired) electrons. The van der Waals surface area contributed by atoms with Gasteiger partial charge in [0.05, 0.1) is 23.6 Å². The normalized spacial score (nSPS) is 12.2. The predicted molar refractivity (Wildman–Crippen MR) is 82.3 cm³/mol. The van der Waals surface area contributed by atoms with Crippen LogP contribution in [0, 0.1) is 0 Å². The molecule has 1 atom stereocenters. The monoisotopic (exact) mass is 307 g/mol. The Bertz CT molecular complexity index is 608. The summed E-state index contributed by atoms with van der Waals surface area (Å²) in [6.45, 7) is 2.19. The van der Waals surface area contributed by atoms with E-state index in [1.807, 2.05) is 12.1 Å². The minimum absolute atomic E-state index is 0.130. The van der Waals surface area contributed by atoms with Crippen LogP contribution >= 0.6 is 11.6 Å². The molecule has 2 N–H and O–H groups in total. The number of H-pyrrole nitrogens is 1. The van der Waals surface area contributed by atoms with Crippen LogP contribution in [0.3, 0.4) is 0 Å². The van der Waals surface area contributed by atoms with Crippen molar-refractivity contribution < 1.29 is 9.90 Å². The molecule has 6 heteroatoms. The summed E-state index contributed by atoms with van der Waals surface area (Å²) < 4.78 is 0. The Balaban J connectivity index is 2.19. The van der Waals surface area contributed by atoms with Gasteiger partial charge in [0, 0.05) is 24.2 Å². The molecular formula is C15H18ClN3O2. The maximum atomic E-state index is 12.4. The Labute approximate surface area is 128 Å². The summed E-state index contributed by atoms with van der Waals surface area (Å²) in [5, 5.41) is 16.8. The first-order chi connectivity index (χ1) is 9.99. The number of aliphatic hydroxyl groups excluding tert-OH is 1. The number of carbonyl (C=O) groups is 1. The molecule has 1 amide bonds. The van der Waals surface area contributed by atoms with E-state index in [4.69, 9.17) is 11.6 Å². The number of halogens is 1. The fraction of sp³-hybridized carbons (Fsp3) is 0.333. The number of aromatic nitrogens is 2. The molecule has 1 aromatic heterocycles. The number of hydrogen-bond donors (Lipinski definition) is 2. The van der Waals surface area contributed by atoms with Crippen LogP contribution in [0.4, 0.5) is 0 Å². The predicted octanol–water partition coefficient (Wildman–Crippen LogP) is 2.57. The number of aliphatic hydroxyl groups is 1. The molecule has 0 fully saturated rings. The van der Waals surface area contributed by atoms with Gasteiger partial charge in [-0.05, 0) is 25.5 Å². The summed E-state index contributed by atoms with van der Waals surface area (Å²) in [5.41, 5.74) is 2.02. The lowest BCUT2D eigenvalue weighted by atomic mass is 10.1. The Hall–Kier alpha value is -1.85. The number of carbonyl (C=O) groups excluding carboxylic acids is 1. The van der Waals surface area contributed by atoms with Crippen molar-refractivity contribution >= 4 is 17.5 Å². The van der Waals surface area contributed by atoms with Gasteiger partial charge >= 0.3 is 0 Å². The van der Waals surface area contributed by atoms with Gasteiger partial charge in [-0.15, -0.1) is 0 Å². The molecule has 1 heterocycles. The lowest BCUT2D eigenvalue weighted by molar-refractivity contribution is 0.0770. The molecular weight excluding hydrogens is 290 g/mol. The first-order valence-electron chi connectivity index (χ1n) is 6.72. The van der Waals surface area contributed by atoms with E-state index in [1.165, 1.54) is 6.20 Å². The molecule has 5 nitrogen and oxygen atoms in total. The van der Waals surface area contributed by atoms with Crippen LogP contribution in [0.2, 0.25) is 5.02 Å². The molecule has 1 unspecified atom stereocenters. The number of rotatable bonds is 5. The Morgan fingerprint density at radius 1 is 1.43 bits per heavy atom. The average Bonchev–Trinajstić information content (AvgIpc) is 2.94. The molecule has 0 saturated heterocycles. The summed E-state index contributed by atoms with van der Waals surface area (Å²) in [5.74, 6) is -0.130. The van der Waals surface area contributed by atoms with Crippen LogP contribution in [-0.2, 0) is 0 Å². The van der Waals surface area contributed by atoms with Crippen molar-refractivity contribution in [3.8, 4) is 11.3 Å². The summed E-state index contributed by atoms with van der Waals surface area (Å²) in [4.78, 5) is 14.0. The average molecular weight is 308 g/mol. The van der Waals surface area contributed by atoms with Crippen molar-refractivity contribution in [1.29, 1.82) is 0 Å². The molecule has 1 aromatic carbocycles. The van der Waals surface area contributed by atoms with E-state index in [0.717, 1.165) is 5.56 Å². The minimum atomic E-state index is -0.430. The van der Waals surface area contributed by atoms with Gasteiger partial charge in [-0.25, -0.2) is 0 Å². The summed E-state index contributed by atoms with van der Waals surface area (Å²) in [6, 6.07) is 7.21. The van der Waals surface area contributed by atoms with Gasteiger partial charge in [-0.2, -0.15) is 5.10 Å². The molecule has 2 rings (SSSR count). The molecule has 0 saturated carbocycles. The molecule has 0 aliphatic heterocycles. The summed E-state index contributed by atoms with van der Waals surface area (Å²) in [6.07, 6.45) is 1.63. The number of amides is 1. The fourth-order valence-corrected chi connectivity index (χ4v) is 2.10. The van der Waals surface area contributed by atoms with Crippen LogP contribution in [0.1, 0.15) is 23.7 Å². The largest absolute Gasteiger partial charge is 0.393 e. The molecule has 0 aliphatic carbocycles. The van der Waals surface area contributed by atoms with E-state index >= 15 is 0 Å². The van der Waals surface area contributed by atoms with Gasteiger partial charge in [-0.1, -0.05) is 23.7 Å². The van der Waals surface area contributed by atoms with Gasteiger partial charge in [-0.3, -0.25) is 9.89 Å². The second-order valence-corrected chi connectivity index (χ2v) is 5.47. The van der Waals surface area contributed by atoms with E-state index in [1.54, 1.807) is 31.0 Å². The molecule has 0 spiro atoms. The summed E-state index contributed by atoms with van der Waals surface area (Å²) >= 11 is 5.87. The standard InChI is InChI=1S/C15H18ClN3O2/c1-10(20)7-8-19(2)15(21)13-9-17-18-14(13)11-3-5-12(16)6-4-11/h3-6,9-10,20H,7-8H2,1-2H3,(H,17,18). The van der Waals surface area contributed by atoms with Gasteiger partial charge in [0.25, 0.3) is 5.91 Å². The third kappa shape index (κ3) is 3.83. The van der Waals surface area contributed by atoms with Gasteiger partial charge in [0.1, 0.15) is 0 Å². The van der Waals surface area contributed by atoms with E-state index in [0.29, 0.717) is 29.2 Å². The van der Waals surface area contributed by atoms with Crippen molar-refractivity contribution in [3.05, 3.63) is 41.0 Å². The third-order valence-electron chi connectivity index (χ3n) is 3.23. The van der Waals surface area contributed by atoms with Crippen LogP contribution in [-0.4, -0.2) is 45.8 Å². The van der Waals surface area contributed by atoms with Gasteiger partial charge in [0.2, 0.25) is 0 Å². The molecule has 21 heavy (non-hydrogen) atoms. The minimum Gasteiger partial charge on any atom is -0.393 e. The molecule has 2 aromatic rings. The zero-order valence-corrected chi connectivity index (χ0v) is 12.8. The molecule has 0 bridgehead atoms. The highest BCUT2D eigenvalue weighted by molar-refractivity contribution is 6.30. The highest BCUT2D eigenvalue weighted by Crippen LogP contribution is 2.23. The number of nitrogens with one attached hydrogen (secondary N) is 1. The lowest BCUT2D eigenvalue weighted by Gasteiger charge is -2.18. The zero-order chi connectivity index (χ0) is 15.4. The third-order valence-corrected chi connectivity index (χ3v) is 3.48. The first kappa shape index (κ1) is 15.5. The topological polar surface area (TPSA) is 69.2 Å². The summed E-state index contributed by atoms with van der Waals surface area (Å²) in [7, 11) is 1.71. The van der Waals surface area contributed by atoms with Crippen molar-refractivity contribution in [2.24, 2.45) is 0 Å². The molecule has 0 aliphatic rings. The van der Waals surface area contributed by atoms with Gasteiger partial charge in [0.15, 0.2) is 0 Å². The SMILES string of the molecule is CC(O)CCN(C)C(=O)c1cn[nH]c1-c1ccc(Cl)cc1. The number of benzene rings is 1. The van der Waals surface area contributed by atoms with Crippen molar-refractivity contribution in [1.82, 2.24) is 15.1 Å². The van der Waals surface area contributed by atoms with E-state index in [2.05, 4.69) is 10.2 Å². The van der Waals surface area contributed by atoms with Crippen LogP contribution in [0.15, 0.2) is 30.5 Å².